The Balaban J connectivity index is 1.90. The Morgan fingerprint density at radius 3 is 2.68 bits per heavy atom. The highest BCUT2D eigenvalue weighted by molar-refractivity contribution is 7.92. The van der Waals surface area contributed by atoms with E-state index in [1.807, 2.05) is 0 Å². The van der Waals surface area contributed by atoms with E-state index in [0.29, 0.717) is 25.7 Å². The van der Waals surface area contributed by atoms with Crippen LogP contribution in [0.25, 0.3) is 0 Å². The first-order valence-electron chi connectivity index (χ1n) is 7.23. The zero-order valence-corrected chi connectivity index (χ0v) is 13.2. The summed E-state index contributed by atoms with van der Waals surface area (Å²) >= 11 is 0. The summed E-state index contributed by atoms with van der Waals surface area (Å²) < 4.78 is 42.7. The first kappa shape index (κ1) is 16.9. The molecule has 122 valence electrons. The largest absolute Gasteiger partial charge is 0.381 e. The number of amides is 1. The lowest BCUT2D eigenvalue weighted by Gasteiger charge is -2.14. The van der Waals surface area contributed by atoms with Crippen molar-refractivity contribution in [2.24, 2.45) is 5.92 Å². The van der Waals surface area contributed by atoms with Gasteiger partial charge in [-0.05, 0) is 37.6 Å². The van der Waals surface area contributed by atoms with Gasteiger partial charge in [0, 0.05) is 25.5 Å². The Kier molecular flexibility index (Phi) is 5.52. The minimum atomic E-state index is -3.64. The molecule has 1 aromatic rings. The van der Waals surface area contributed by atoms with Gasteiger partial charge in [0.15, 0.2) is 9.84 Å². The smallest absolute Gasteiger partial charge is 0.221 e. The molecule has 2 unspecified atom stereocenters. The van der Waals surface area contributed by atoms with Crippen molar-refractivity contribution < 1.29 is 22.3 Å². The average molecular weight is 329 g/mol. The van der Waals surface area contributed by atoms with E-state index in [4.69, 9.17) is 4.74 Å². The fourth-order valence-electron chi connectivity index (χ4n) is 2.30. The highest BCUT2D eigenvalue weighted by Crippen LogP contribution is 2.18. The minimum absolute atomic E-state index is 0.0263. The number of halogens is 1. The number of hydrogen-bond acceptors (Lipinski definition) is 4. The SMILES string of the molecule is CC(CC(=O)NCC1CCOC1)S(=O)(=O)c1ccc(F)cc1. The van der Waals surface area contributed by atoms with Crippen LogP contribution < -0.4 is 5.32 Å². The number of hydrogen-bond donors (Lipinski definition) is 1. The van der Waals surface area contributed by atoms with E-state index in [0.717, 1.165) is 18.6 Å². The maximum Gasteiger partial charge on any atom is 0.221 e. The predicted octanol–water partition coefficient (Wildman–Crippen LogP) is 1.53. The molecule has 0 bridgehead atoms. The Morgan fingerprint density at radius 2 is 2.09 bits per heavy atom. The van der Waals surface area contributed by atoms with E-state index in [1.54, 1.807) is 0 Å². The van der Waals surface area contributed by atoms with Gasteiger partial charge in [-0.15, -0.1) is 0 Å². The molecule has 2 rings (SSSR count). The van der Waals surface area contributed by atoms with Crippen LogP contribution in [-0.2, 0) is 19.4 Å². The van der Waals surface area contributed by atoms with Crippen LogP contribution in [0.2, 0.25) is 0 Å². The van der Waals surface area contributed by atoms with Crippen molar-refractivity contribution in [2.75, 3.05) is 19.8 Å². The molecule has 1 heterocycles. The van der Waals surface area contributed by atoms with Gasteiger partial charge in [-0.2, -0.15) is 0 Å². The van der Waals surface area contributed by atoms with E-state index in [1.165, 1.54) is 19.1 Å². The summed E-state index contributed by atoms with van der Waals surface area (Å²) in [5.41, 5.74) is 0. The van der Waals surface area contributed by atoms with Gasteiger partial charge in [0.05, 0.1) is 16.8 Å². The van der Waals surface area contributed by atoms with Gasteiger partial charge in [-0.1, -0.05) is 0 Å². The van der Waals surface area contributed by atoms with Gasteiger partial charge in [-0.3, -0.25) is 4.79 Å². The van der Waals surface area contributed by atoms with Gasteiger partial charge in [-0.25, -0.2) is 12.8 Å². The van der Waals surface area contributed by atoms with E-state index in [9.17, 15) is 17.6 Å². The van der Waals surface area contributed by atoms with Crippen LogP contribution in [0.1, 0.15) is 19.8 Å². The number of rotatable bonds is 6. The maximum atomic E-state index is 12.9. The van der Waals surface area contributed by atoms with Crippen molar-refractivity contribution in [1.29, 1.82) is 0 Å². The first-order chi connectivity index (χ1) is 10.4. The number of nitrogens with one attached hydrogen (secondary N) is 1. The van der Waals surface area contributed by atoms with E-state index in [-0.39, 0.29) is 17.2 Å². The monoisotopic (exact) mass is 329 g/mol. The molecule has 1 fully saturated rings. The topological polar surface area (TPSA) is 72.5 Å². The highest BCUT2D eigenvalue weighted by atomic mass is 32.2. The number of carbonyl (C=O) groups is 1. The summed E-state index contributed by atoms with van der Waals surface area (Å²) in [6, 6.07) is 4.63. The molecule has 7 heteroatoms. The van der Waals surface area contributed by atoms with Crippen molar-refractivity contribution in [2.45, 2.75) is 29.9 Å². The molecule has 0 saturated carbocycles. The van der Waals surface area contributed by atoms with Crippen molar-refractivity contribution in [3.05, 3.63) is 30.1 Å². The summed E-state index contributed by atoms with van der Waals surface area (Å²) in [6.07, 6.45) is 0.789. The highest BCUT2D eigenvalue weighted by Gasteiger charge is 2.26. The molecule has 1 aliphatic rings. The molecule has 0 radical (unpaired) electrons. The number of sulfone groups is 1. The molecule has 1 N–H and O–H groups in total. The Bertz CT molecular complexity index is 609. The van der Waals surface area contributed by atoms with Crippen molar-refractivity contribution in [1.82, 2.24) is 5.32 Å². The Hall–Kier alpha value is -1.47. The summed E-state index contributed by atoms with van der Waals surface area (Å²) in [4.78, 5) is 11.9. The second kappa shape index (κ2) is 7.19. The van der Waals surface area contributed by atoms with E-state index >= 15 is 0 Å². The Morgan fingerprint density at radius 1 is 1.41 bits per heavy atom. The second-order valence-electron chi connectivity index (χ2n) is 5.55. The summed E-state index contributed by atoms with van der Waals surface area (Å²) in [5.74, 6) is -0.499. The zero-order chi connectivity index (χ0) is 16.2. The van der Waals surface area contributed by atoms with Gasteiger partial charge >= 0.3 is 0 Å². The number of benzene rings is 1. The molecule has 1 aromatic carbocycles. The van der Waals surface area contributed by atoms with Gasteiger partial charge < -0.3 is 10.1 Å². The minimum Gasteiger partial charge on any atom is -0.381 e. The molecular formula is C15H20FNO4S. The summed E-state index contributed by atoms with van der Waals surface area (Å²) in [7, 11) is -3.64. The predicted molar refractivity (Wildman–Crippen MR) is 79.6 cm³/mol. The third-order valence-electron chi connectivity index (χ3n) is 3.76. The standard InChI is InChI=1S/C15H20FNO4S/c1-11(8-15(18)17-9-12-6-7-21-10-12)22(19,20)14-4-2-13(16)3-5-14/h2-5,11-12H,6-10H2,1H3,(H,17,18). The Labute approximate surface area is 129 Å². The van der Waals surface area contributed by atoms with Gasteiger partial charge in [0.1, 0.15) is 5.82 Å². The number of carbonyl (C=O) groups excluding carboxylic acids is 1. The molecular weight excluding hydrogens is 309 g/mol. The fourth-order valence-corrected chi connectivity index (χ4v) is 3.65. The van der Waals surface area contributed by atoms with Crippen molar-refractivity contribution >= 4 is 15.7 Å². The fraction of sp³-hybridized carbons (Fsp3) is 0.533. The molecule has 1 aliphatic heterocycles. The quantitative estimate of drug-likeness (QED) is 0.804. The lowest BCUT2D eigenvalue weighted by molar-refractivity contribution is -0.121. The molecule has 0 aromatic heterocycles. The van der Waals surface area contributed by atoms with E-state index in [2.05, 4.69) is 5.32 Å². The van der Waals surface area contributed by atoms with Gasteiger partial charge in [0.2, 0.25) is 5.91 Å². The van der Waals surface area contributed by atoms with Crippen molar-refractivity contribution in [3.63, 3.8) is 0 Å². The molecule has 0 aliphatic carbocycles. The van der Waals surface area contributed by atoms with Crippen LogP contribution in [0.5, 0.6) is 0 Å². The lowest BCUT2D eigenvalue weighted by Crippen LogP contribution is -2.33. The second-order valence-corrected chi connectivity index (χ2v) is 7.91. The average Bonchev–Trinajstić information content (AvgIpc) is 2.99. The van der Waals surface area contributed by atoms with Crippen LogP contribution in [0, 0.1) is 11.7 Å². The molecule has 22 heavy (non-hydrogen) atoms. The molecule has 5 nitrogen and oxygen atoms in total. The van der Waals surface area contributed by atoms with Crippen LogP contribution in [0.3, 0.4) is 0 Å². The lowest BCUT2D eigenvalue weighted by atomic mass is 10.1. The molecule has 2 atom stereocenters. The van der Waals surface area contributed by atoms with Gasteiger partial charge in [0.25, 0.3) is 0 Å². The number of ether oxygens (including phenoxy) is 1. The zero-order valence-electron chi connectivity index (χ0n) is 12.4. The first-order valence-corrected chi connectivity index (χ1v) is 8.78. The maximum absolute atomic E-state index is 12.9. The molecule has 1 saturated heterocycles. The summed E-state index contributed by atoms with van der Waals surface area (Å²) in [6.45, 7) is 3.32. The van der Waals surface area contributed by atoms with Crippen molar-refractivity contribution in [3.8, 4) is 0 Å². The third kappa shape index (κ3) is 4.27. The normalized spacial score (nSPS) is 19.8. The third-order valence-corrected chi connectivity index (χ3v) is 5.91. The van der Waals surface area contributed by atoms with E-state index < -0.39 is 20.9 Å². The van der Waals surface area contributed by atoms with Crippen LogP contribution >= 0.6 is 0 Å². The van der Waals surface area contributed by atoms with Crippen LogP contribution in [0.15, 0.2) is 29.2 Å². The molecule has 0 spiro atoms. The van der Waals surface area contributed by atoms with Crippen LogP contribution in [-0.4, -0.2) is 39.3 Å². The summed E-state index contributed by atoms with van der Waals surface area (Å²) in [5, 5.41) is 1.88. The van der Waals surface area contributed by atoms with Crippen LogP contribution in [0.4, 0.5) is 4.39 Å². The molecule has 1 amide bonds.